The molecule has 0 spiro atoms. The molecule has 0 radical (unpaired) electrons. The number of carbonyl (C=O) groups is 1. The molecule has 262 valence electrons. The predicted molar refractivity (Wildman–Crippen MR) is 184 cm³/mol. The molecule has 2 aromatic carbocycles. The Labute approximate surface area is 284 Å². The van der Waals surface area contributed by atoms with Crippen LogP contribution >= 0.6 is 0 Å². The van der Waals surface area contributed by atoms with Crippen molar-refractivity contribution in [1.82, 2.24) is 15.1 Å². The van der Waals surface area contributed by atoms with E-state index in [4.69, 9.17) is 0 Å². The summed E-state index contributed by atoms with van der Waals surface area (Å²) in [7, 11) is -3.42. The average molecular weight is 683 g/mol. The average Bonchev–Trinajstić information content (AvgIpc) is 3.45. The molecule has 3 heterocycles. The van der Waals surface area contributed by atoms with Gasteiger partial charge in [0.2, 0.25) is 0 Å². The van der Waals surface area contributed by atoms with Gasteiger partial charge in [-0.1, -0.05) is 18.6 Å². The number of nitrogens with one attached hydrogen (secondary N) is 1. The second-order valence-corrected chi connectivity index (χ2v) is 17.9. The summed E-state index contributed by atoms with van der Waals surface area (Å²) >= 11 is 0. The number of anilines is 1. The Morgan fingerprint density at radius 1 is 0.979 bits per heavy atom. The third kappa shape index (κ3) is 6.60. The largest absolute Gasteiger partial charge is 0.465 e. The minimum Gasteiger partial charge on any atom is -0.465 e. The molecule has 1 amide bonds. The van der Waals surface area contributed by atoms with Gasteiger partial charge in [-0.3, -0.25) is 0 Å². The van der Waals surface area contributed by atoms with Crippen LogP contribution in [0, 0.1) is 23.6 Å². The van der Waals surface area contributed by atoms with Crippen LogP contribution in [-0.2, 0) is 15.3 Å². The summed E-state index contributed by atoms with van der Waals surface area (Å²) in [6, 6.07) is 14.3. The summed E-state index contributed by atoms with van der Waals surface area (Å²) in [5.41, 5.74) is 0.875. The van der Waals surface area contributed by atoms with E-state index in [0.717, 1.165) is 95.7 Å². The predicted octanol–water partition coefficient (Wildman–Crippen LogP) is 4.74. The summed E-state index contributed by atoms with van der Waals surface area (Å²) in [4.78, 5) is 19.6. The number of piperidine rings is 1. The first-order valence-electron chi connectivity index (χ1n) is 17.9. The molecule has 3 saturated heterocycles. The molecule has 9 nitrogen and oxygen atoms in total. The summed E-state index contributed by atoms with van der Waals surface area (Å²) in [6.45, 7) is 9.46. The van der Waals surface area contributed by atoms with Gasteiger partial charge in [0.05, 0.1) is 15.7 Å². The molecule has 1 unspecified atom stereocenters. The van der Waals surface area contributed by atoms with Gasteiger partial charge in [-0.2, -0.15) is 0 Å². The van der Waals surface area contributed by atoms with Crippen LogP contribution in [0.1, 0.15) is 63.9 Å². The van der Waals surface area contributed by atoms with Gasteiger partial charge in [-0.25, -0.2) is 17.6 Å². The molecular formula is C37H51FN4O5S. The Hall–Kier alpha value is -2.73. The van der Waals surface area contributed by atoms with Gasteiger partial charge in [0, 0.05) is 49.2 Å². The van der Waals surface area contributed by atoms with Gasteiger partial charge in [0.1, 0.15) is 5.82 Å². The number of carboxylic acid groups (broad SMARTS) is 1. The van der Waals surface area contributed by atoms with Gasteiger partial charge in [0.15, 0.2) is 9.84 Å². The molecule has 7 rings (SSSR count). The maximum atomic E-state index is 14.9. The van der Waals surface area contributed by atoms with Crippen molar-refractivity contribution in [3.8, 4) is 0 Å². The van der Waals surface area contributed by atoms with E-state index in [1.165, 1.54) is 12.5 Å². The minimum atomic E-state index is -3.42. The second kappa shape index (κ2) is 13.2. The third-order valence-electron chi connectivity index (χ3n) is 12.4. The summed E-state index contributed by atoms with van der Waals surface area (Å²) in [6.07, 6.45) is 5.53. The molecule has 2 saturated carbocycles. The van der Waals surface area contributed by atoms with Crippen LogP contribution in [0.5, 0.6) is 0 Å². The highest BCUT2D eigenvalue weighted by atomic mass is 32.2. The van der Waals surface area contributed by atoms with Gasteiger partial charge in [-0.15, -0.1) is 0 Å². The number of rotatable bonds is 11. The SMILES string of the molecule is CC1(O)CC(S(=O)(=O)c2ccc(N3CC(CN4CCC(C(CN5CCC5)(c5cccc(F)c5)[C@H]5CCC[C@@H]5NC(=O)O)CC4)C3)cc2)C1. The first-order chi connectivity index (χ1) is 22.9. The Bertz CT molecular complexity index is 1560. The number of sulfone groups is 1. The normalized spacial score (nSPS) is 30.2. The Morgan fingerprint density at radius 3 is 2.29 bits per heavy atom. The fraction of sp³-hybridized carbons (Fsp3) is 0.649. The van der Waals surface area contributed by atoms with Gasteiger partial charge >= 0.3 is 6.09 Å². The molecule has 2 aliphatic carbocycles. The van der Waals surface area contributed by atoms with Gasteiger partial charge in [0.25, 0.3) is 0 Å². The van der Waals surface area contributed by atoms with Crippen LogP contribution < -0.4 is 10.2 Å². The zero-order valence-corrected chi connectivity index (χ0v) is 28.9. The lowest BCUT2D eigenvalue weighted by Gasteiger charge is -2.54. The van der Waals surface area contributed by atoms with E-state index in [9.17, 15) is 27.8 Å². The first-order valence-corrected chi connectivity index (χ1v) is 19.5. The zero-order valence-electron chi connectivity index (χ0n) is 28.1. The smallest absolute Gasteiger partial charge is 0.404 e. The number of likely N-dealkylation sites (tertiary alicyclic amines) is 2. The molecule has 3 aliphatic heterocycles. The highest BCUT2D eigenvalue weighted by molar-refractivity contribution is 7.92. The fourth-order valence-electron chi connectivity index (χ4n) is 9.76. The molecule has 0 bridgehead atoms. The van der Waals surface area contributed by atoms with Gasteiger partial charge < -0.3 is 30.2 Å². The van der Waals surface area contributed by atoms with Crippen molar-refractivity contribution in [1.29, 1.82) is 0 Å². The van der Waals surface area contributed by atoms with Crippen molar-refractivity contribution in [2.24, 2.45) is 17.8 Å². The highest BCUT2D eigenvalue weighted by Crippen LogP contribution is 2.51. The molecule has 5 fully saturated rings. The molecule has 3 N–H and O–H groups in total. The molecular weight excluding hydrogens is 631 g/mol. The molecule has 11 heteroatoms. The lowest BCUT2D eigenvalue weighted by atomic mass is 9.57. The third-order valence-corrected chi connectivity index (χ3v) is 14.5. The number of hydrogen-bond acceptors (Lipinski definition) is 7. The Balaban J connectivity index is 0.995. The summed E-state index contributed by atoms with van der Waals surface area (Å²) < 4.78 is 40.8. The monoisotopic (exact) mass is 682 g/mol. The topological polar surface area (TPSA) is 113 Å². The second-order valence-electron chi connectivity index (χ2n) is 15.7. The van der Waals surface area contributed by atoms with Crippen LogP contribution in [0.4, 0.5) is 14.9 Å². The van der Waals surface area contributed by atoms with Crippen molar-refractivity contribution in [2.45, 2.75) is 85.5 Å². The molecule has 0 aromatic heterocycles. The first kappa shape index (κ1) is 33.8. The number of benzene rings is 2. The van der Waals surface area contributed by atoms with Crippen molar-refractivity contribution in [3.05, 3.63) is 59.9 Å². The van der Waals surface area contributed by atoms with E-state index in [1.54, 1.807) is 25.1 Å². The molecule has 48 heavy (non-hydrogen) atoms. The van der Waals surface area contributed by atoms with E-state index >= 15 is 0 Å². The standard InChI is InChI=1S/C37H51FN4O5S/c1-36(45)20-32(21-36)48(46,47)31-11-9-30(10-12-31)42-23-26(24-42)22-40-17-13-27(14-18-40)37(25-41-15-4-16-41,28-5-2-6-29(38)19-28)33-7-3-8-34(33)39-35(43)44/h2,5-6,9-12,19,26-27,32-34,39,45H,3-4,7-8,13-18,20-25H2,1H3,(H,43,44)/t32?,33-,34-,36?,37?/m0/s1. The molecule has 2 aromatic rings. The maximum Gasteiger partial charge on any atom is 0.404 e. The van der Waals surface area contributed by atoms with Crippen molar-refractivity contribution < 1.29 is 27.8 Å². The minimum absolute atomic E-state index is 0.123. The zero-order chi connectivity index (χ0) is 33.7. The Morgan fingerprint density at radius 2 is 1.69 bits per heavy atom. The summed E-state index contributed by atoms with van der Waals surface area (Å²) in [5, 5.41) is 22.1. The highest BCUT2D eigenvalue weighted by Gasteiger charge is 2.53. The van der Waals surface area contributed by atoms with E-state index in [0.29, 0.717) is 16.7 Å². The number of aliphatic hydroxyl groups is 1. The molecule has 5 aliphatic rings. The quantitative estimate of drug-likeness (QED) is 0.312. The van der Waals surface area contributed by atoms with E-state index in [2.05, 4.69) is 26.1 Å². The Kier molecular flexibility index (Phi) is 9.28. The maximum absolute atomic E-state index is 14.9. The van der Waals surface area contributed by atoms with Crippen molar-refractivity contribution >= 4 is 21.6 Å². The van der Waals surface area contributed by atoms with Crippen LogP contribution in [0.25, 0.3) is 0 Å². The number of hydrogen-bond donors (Lipinski definition) is 3. The number of halogens is 1. The lowest BCUT2D eigenvalue weighted by Crippen LogP contribution is -2.60. The van der Waals surface area contributed by atoms with Crippen LogP contribution in [0.15, 0.2) is 53.4 Å². The van der Waals surface area contributed by atoms with Gasteiger partial charge in [-0.05, 0) is 132 Å². The summed E-state index contributed by atoms with van der Waals surface area (Å²) in [5.74, 6) is 0.765. The number of amides is 1. The van der Waals surface area contributed by atoms with E-state index < -0.39 is 26.8 Å². The number of nitrogens with zero attached hydrogens (tertiary/aromatic N) is 3. The van der Waals surface area contributed by atoms with E-state index in [1.807, 2.05) is 18.2 Å². The fourth-order valence-corrected chi connectivity index (χ4v) is 11.8. The van der Waals surface area contributed by atoms with Crippen LogP contribution in [0.2, 0.25) is 0 Å². The lowest BCUT2D eigenvalue weighted by molar-refractivity contribution is -0.0116. The van der Waals surface area contributed by atoms with E-state index in [-0.39, 0.29) is 36.0 Å². The van der Waals surface area contributed by atoms with Crippen molar-refractivity contribution in [2.75, 3.05) is 57.3 Å². The van der Waals surface area contributed by atoms with Crippen molar-refractivity contribution in [3.63, 3.8) is 0 Å². The van der Waals surface area contributed by atoms with Crippen LogP contribution in [0.3, 0.4) is 0 Å². The molecule has 3 atom stereocenters. The van der Waals surface area contributed by atoms with Crippen LogP contribution in [-0.4, -0.2) is 104 Å².